The van der Waals surface area contributed by atoms with Crippen LogP contribution < -0.4 is 0 Å². The van der Waals surface area contributed by atoms with E-state index < -0.39 is 10.0 Å². The summed E-state index contributed by atoms with van der Waals surface area (Å²) in [5.74, 6) is 0.334. The van der Waals surface area contributed by atoms with Crippen molar-refractivity contribution in [2.45, 2.75) is 63.3 Å². The summed E-state index contributed by atoms with van der Waals surface area (Å²) in [5, 5.41) is 0. The van der Waals surface area contributed by atoms with Crippen LogP contribution in [0.4, 0.5) is 0 Å². The van der Waals surface area contributed by atoms with Gasteiger partial charge in [0.2, 0.25) is 10.0 Å². The molecule has 1 fully saturated rings. The van der Waals surface area contributed by atoms with Crippen LogP contribution in [-0.4, -0.2) is 25.3 Å². The molecule has 1 atom stereocenters. The molecule has 1 aliphatic rings. The Balaban J connectivity index is 2.50. The highest BCUT2D eigenvalue weighted by atomic mass is 35.5. The van der Waals surface area contributed by atoms with Gasteiger partial charge in [0.15, 0.2) is 0 Å². The summed E-state index contributed by atoms with van der Waals surface area (Å²) in [4.78, 5) is 0.429. The fourth-order valence-corrected chi connectivity index (χ4v) is 5.34. The molecule has 1 unspecified atom stereocenters. The van der Waals surface area contributed by atoms with E-state index in [0.29, 0.717) is 17.3 Å². The quantitative estimate of drug-likeness (QED) is 0.783. The van der Waals surface area contributed by atoms with Gasteiger partial charge in [-0.05, 0) is 55.9 Å². The number of hydrogen-bond donors (Lipinski definition) is 0. The maximum absolute atomic E-state index is 13.1. The number of aryl methyl sites for hydroxylation is 1. The number of alkyl halides is 1. The predicted molar refractivity (Wildman–Crippen MR) is 87.3 cm³/mol. The number of sulfonamides is 1. The molecular formula is C16H24ClNO2S. The van der Waals surface area contributed by atoms with Crippen molar-refractivity contribution in [2.75, 3.05) is 6.54 Å². The molecule has 3 nitrogen and oxygen atoms in total. The summed E-state index contributed by atoms with van der Waals surface area (Å²) in [6.45, 7) is 6.51. The van der Waals surface area contributed by atoms with Crippen molar-refractivity contribution in [1.29, 1.82) is 0 Å². The average molecular weight is 330 g/mol. The maximum Gasteiger partial charge on any atom is 0.243 e. The van der Waals surface area contributed by atoms with E-state index in [1.54, 1.807) is 10.4 Å². The van der Waals surface area contributed by atoms with Crippen LogP contribution in [0.25, 0.3) is 0 Å². The zero-order valence-electron chi connectivity index (χ0n) is 13.0. The van der Waals surface area contributed by atoms with Crippen molar-refractivity contribution in [3.05, 3.63) is 28.8 Å². The lowest BCUT2D eigenvalue weighted by atomic mass is 10.0. The number of piperidine rings is 1. The number of halogens is 1. The summed E-state index contributed by atoms with van der Waals surface area (Å²) >= 11 is 5.91. The van der Waals surface area contributed by atoms with Crippen LogP contribution in [0.2, 0.25) is 0 Å². The molecule has 1 saturated heterocycles. The van der Waals surface area contributed by atoms with Gasteiger partial charge >= 0.3 is 0 Å². The molecule has 21 heavy (non-hydrogen) atoms. The zero-order chi connectivity index (χ0) is 15.6. The second kappa shape index (κ2) is 6.67. The molecule has 0 aliphatic carbocycles. The van der Waals surface area contributed by atoms with Crippen molar-refractivity contribution in [2.24, 2.45) is 0 Å². The Hall–Kier alpha value is -0.580. The molecule has 1 aromatic rings. The van der Waals surface area contributed by atoms with Crippen LogP contribution in [0, 0.1) is 13.8 Å². The molecule has 5 heteroatoms. The van der Waals surface area contributed by atoms with E-state index in [-0.39, 0.29) is 6.04 Å². The Labute approximate surface area is 133 Å². The van der Waals surface area contributed by atoms with Crippen molar-refractivity contribution < 1.29 is 8.42 Å². The predicted octanol–water partition coefficient (Wildman–Crippen LogP) is 4.00. The first-order valence-corrected chi connectivity index (χ1v) is 9.57. The third-order valence-electron chi connectivity index (χ3n) is 4.46. The number of benzene rings is 1. The molecule has 0 amide bonds. The first-order valence-electron chi connectivity index (χ1n) is 7.59. The van der Waals surface area contributed by atoms with E-state index in [1.807, 2.05) is 19.9 Å². The molecule has 0 saturated carbocycles. The third-order valence-corrected chi connectivity index (χ3v) is 6.85. The minimum Gasteiger partial charge on any atom is -0.207 e. The number of rotatable bonds is 4. The number of hydrogen-bond acceptors (Lipinski definition) is 2. The molecule has 0 N–H and O–H groups in total. The topological polar surface area (TPSA) is 37.4 Å². The summed E-state index contributed by atoms with van der Waals surface area (Å²) < 4.78 is 27.9. The first-order chi connectivity index (χ1) is 9.91. The smallest absolute Gasteiger partial charge is 0.207 e. The molecule has 0 bridgehead atoms. The standard InChI is InChI=1S/C16H24ClNO2S/c1-4-15-7-5-6-8-18(15)21(19,20)16-10-14(11-17)9-12(2)13(16)3/h9-10,15H,4-8,11H2,1-3H3. The Morgan fingerprint density at radius 3 is 2.62 bits per heavy atom. The van der Waals surface area contributed by atoms with Crippen LogP contribution in [0.15, 0.2) is 17.0 Å². The third kappa shape index (κ3) is 3.27. The Morgan fingerprint density at radius 2 is 2.00 bits per heavy atom. The zero-order valence-corrected chi connectivity index (χ0v) is 14.6. The van der Waals surface area contributed by atoms with Crippen molar-refractivity contribution >= 4 is 21.6 Å². The molecule has 0 spiro atoms. The molecule has 118 valence electrons. The van der Waals surface area contributed by atoms with Gasteiger partial charge in [-0.1, -0.05) is 19.4 Å². The highest BCUT2D eigenvalue weighted by Crippen LogP contribution is 2.30. The number of nitrogens with zero attached hydrogens (tertiary/aromatic N) is 1. The molecule has 2 rings (SSSR count). The lowest BCUT2D eigenvalue weighted by Gasteiger charge is -2.34. The first kappa shape index (κ1) is 16.8. The SMILES string of the molecule is CCC1CCCCN1S(=O)(=O)c1cc(CCl)cc(C)c1C. The van der Waals surface area contributed by atoms with Crippen molar-refractivity contribution in [1.82, 2.24) is 4.31 Å². The van der Waals surface area contributed by atoms with Crippen LogP contribution >= 0.6 is 11.6 Å². The highest BCUT2D eigenvalue weighted by molar-refractivity contribution is 7.89. The van der Waals surface area contributed by atoms with E-state index in [9.17, 15) is 8.42 Å². The van der Waals surface area contributed by atoms with Crippen LogP contribution in [-0.2, 0) is 15.9 Å². The van der Waals surface area contributed by atoms with Gasteiger partial charge < -0.3 is 0 Å². The van der Waals surface area contributed by atoms with Gasteiger partial charge in [0, 0.05) is 18.5 Å². The van der Waals surface area contributed by atoms with Crippen LogP contribution in [0.1, 0.15) is 49.3 Å². The average Bonchev–Trinajstić information content (AvgIpc) is 2.49. The molecule has 1 aliphatic heterocycles. The van der Waals surface area contributed by atoms with E-state index in [1.165, 1.54) is 0 Å². The van der Waals surface area contributed by atoms with E-state index in [4.69, 9.17) is 11.6 Å². The fourth-order valence-electron chi connectivity index (χ4n) is 3.07. The second-order valence-electron chi connectivity index (χ2n) is 5.84. The lowest BCUT2D eigenvalue weighted by molar-refractivity contribution is 0.246. The van der Waals surface area contributed by atoms with Gasteiger partial charge in [-0.25, -0.2) is 8.42 Å². The van der Waals surface area contributed by atoms with Gasteiger partial charge in [0.05, 0.1) is 4.90 Å². The minimum atomic E-state index is -3.43. The summed E-state index contributed by atoms with van der Waals surface area (Å²) in [6, 6.07) is 3.84. The van der Waals surface area contributed by atoms with E-state index in [0.717, 1.165) is 42.4 Å². The Bertz CT molecular complexity index is 613. The summed E-state index contributed by atoms with van der Waals surface area (Å²) in [7, 11) is -3.43. The molecule has 1 aromatic carbocycles. The summed E-state index contributed by atoms with van der Waals surface area (Å²) in [6.07, 6.45) is 3.89. The van der Waals surface area contributed by atoms with Crippen LogP contribution in [0.5, 0.6) is 0 Å². The molecule has 0 aromatic heterocycles. The normalized spacial score (nSPS) is 20.7. The van der Waals surface area contributed by atoms with E-state index >= 15 is 0 Å². The van der Waals surface area contributed by atoms with Gasteiger partial charge in [-0.15, -0.1) is 11.6 Å². The largest absolute Gasteiger partial charge is 0.243 e. The van der Waals surface area contributed by atoms with E-state index in [2.05, 4.69) is 6.92 Å². The molecule has 0 radical (unpaired) electrons. The van der Waals surface area contributed by atoms with Gasteiger partial charge in [-0.3, -0.25) is 0 Å². The summed E-state index contributed by atoms with van der Waals surface area (Å²) in [5.41, 5.74) is 2.68. The lowest BCUT2D eigenvalue weighted by Crippen LogP contribution is -2.43. The maximum atomic E-state index is 13.1. The second-order valence-corrected chi connectivity index (χ2v) is 7.97. The van der Waals surface area contributed by atoms with Crippen LogP contribution in [0.3, 0.4) is 0 Å². The van der Waals surface area contributed by atoms with Gasteiger partial charge in [-0.2, -0.15) is 4.31 Å². The van der Waals surface area contributed by atoms with Gasteiger partial charge in [0.25, 0.3) is 0 Å². The molecular weight excluding hydrogens is 306 g/mol. The Morgan fingerprint density at radius 1 is 1.29 bits per heavy atom. The molecule has 1 heterocycles. The fraction of sp³-hybridized carbons (Fsp3) is 0.625. The highest BCUT2D eigenvalue weighted by Gasteiger charge is 2.33. The van der Waals surface area contributed by atoms with Gasteiger partial charge in [0.1, 0.15) is 0 Å². The van der Waals surface area contributed by atoms with Crippen molar-refractivity contribution in [3.8, 4) is 0 Å². The van der Waals surface area contributed by atoms with Crippen molar-refractivity contribution in [3.63, 3.8) is 0 Å². The Kier molecular flexibility index (Phi) is 5.33. The monoisotopic (exact) mass is 329 g/mol. The minimum absolute atomic E-state index is 0.128.